The summed E-state index contributed by atoms with van der Waals surface area (Å²) < 4.78 is 5.31. The zero-order valence-corrected chi connectivity index (χ0v) is 12.4. The maximum Gasteiger partial charge on any atom is 0.254 e. The lowest BCUT2D eigenvalue weighted by Gasteiger charge is -2.22. The van der Waals surface area contributed by atoms with Gasteiger partial charge in [-0.25, -0.2) is 9.97 Å². The fourth-order valence-corrected chi connectivity index (χ4v) is 2.47. The van der Waals surface area contributed by atoms with E-state index in [0.717, 1.165) is 31.6 Å². The number of rotatable bonds is 4. The topological polar surface area (TPSA) is 64.1 Å². The van der Waals surface area contributed by atoms with Crippen LogP contribution in [0.15, 0.2) is 42.7 Å². The molecule has 1 fully saturated rings. The summed E-state index contributed by atoms with van der Waals surface area (Å²) >= 11 is 0. The summed E-state index contributed by atoms with van der Waals surface area (Å²) in [5.74, 6) is 1.01. The van der Waals surface area contributed by atoms with Crippen LogP contribution < -0.4 is 5.32 Å². The molecule has 1 aromatic heterocycles. The van der Waals surface area contributed by atoms with Crippen molar-refractivity contribution < 1.29 is 9.53 Å². The van der Waals surface area contributed by atoms with Crippen LogP contribution in [0.1, 0.15) is 23.2 Å². The molecule has 0 spiro atoms. The number of hydrogen-bond donors (Lipinski definition) is 1. The predicted molar refractivity (Wildman–Crippen MR) is 83.3 cm³/mol. The molecule has 0 aliphatic carbocycles. The van der Waals surface area contributed by atoms with Crippen LogP contribution in [0, 0.1) is 5.92 Å². The summed E-state index contributed by atoms with van der Waals surface area (Å²) in [6.45, 7) is 2.26. The summed E-state index contributed by atoms with van der Waals surface area (Å²) in [5.41, 5.74) is 1.43. The van der Waals surface area contributed by atoms with E-state index in [-0.39, 0.29) is 5.91 Å². The minimum Gasteiger partial charge on any atom is -0.381 e. The van der Waals surface area contributed by atoms with Crippen molar-refractivity contribution >= 4 is 5.91 Å². The molecule has 0 bridgehead atoms. The molecule has 1 aromatic carbocycles. The number of aromatic nitrogens is 2. The van der Waals surface area contributed by atoms with Gasteiger partial charge in [-0.2, -0.15) is 0 Å². The van der Waals surface area contributed by atoms with Gasteiger partial charge in [0.05, 0.1) is 5.56 Å². The summed E-state index contributed by atoms with van der Waals surface area (Å²) in [4.78, 5) is 20.7. The average Bonchev–Trinajstić information content (AvgIpc) is 2.61. The molecule has 3 rings (SSSR count). The van der Waals surface area contributed by atoms with E-state index in [2.05, 4.69) is 15.3 Å². The van der Waals surface area contributed by atoms with Crippen LogP contribution in [0.3, 0.4) is 0 Å². The third-order valence-electron chi connectivity index (χ3n) is 3.84. The number of carbonyl (C=O) groups is 1. The van der Waals surface area contributed by atoms with Crippen molar-refractivity contribution in [1.29, 1.82) is 0 Å². The van der Waals surface area contributed by atoms with Crippen LogP contribution in [0.4, 0.5) is 0 Å². The number of nitrogens with zero attached hydrogens (tertiary/aromatic N) is 2. The van der Waals surface area contributed by atoms with Crippen molar-refractivity contribution in [1.82, 2.24) is 15.3 Å². The Morgan fingerprint density at radius 2 is 1.82 bits per heavy atom. The Balaban J connectivity index is 1.59. The highest BCUT2D eigenvalue weighted by atomic mass is 16.5. The molecule has 22 heavy (non-hydrogen) atoms. The van der Waals surface area contributed by atoms with Gasteiger partial charge in [0.1, 0.15) is 0 Å². The van der Waals surface area contributed by atoms with Crippen molar-refractivity contribution in [3.8, 4) is 11.4 Å². The third-order valence-corrected chi connectivity index (χ3v) is 3.84. The fraction of sp³-hybridized carbons (Fsp3) is 0.353. The highest BCUT2D eigenvalue weighted by molar-refractivity contribution is 5.93. The summed E-state index contributed by atoms with van der Waals surface area (Å²) in [6.07, 6.45) is 5.16. The monoisotopic (exact) mass is 297 g/mol. The van der Waals surface area contributed by atoms with Gasteiger partial charge in [-0.15, -0.1) is 0 Å². The number of hydrogen-bond acceptors (Lipinski definition) is 4. The first-order valence-corrected chi connectivity index (χ1v) is 7.56. The van der Waals surface area contributed by atoms with E-state index >= 15 is 0 Å². The Kier molecular flexibility index (Phi) is 4.75. The first-order valence-electron chi connectivity index (χ1n) is 7.56. The normalized spacial score (nSPS) is 15.5. The first kappa shape index (κ1) is 14.7. The number of ether oxygens (including phenoxy) is 1. The van der Waals surface area contributed by atoms with E-state index in [1.807, 2.05) is 30.3 Å². The van der Waals surface area contributed by atoms with Gasteiger partial charge in [0.2, 0.25) is 0 Å². The second kappa shape index (κ2) is 7.13. The Labute approximate surface area is 129 Å². The average molecular weight is 297 g/mol. The lowest BCUT2D eigenvalue weighted by atomic mass is 10.0. The molecule has 0 atom stereocenters. The minimum atomic E-state index is -0.119. The predicted octanol–water partition coefficient (Wildman–Crippen LogP) is 2.30. The Morgan fingerprint density at radius 3 is 2.50 bits per heavy atom. The molecule has 0 saturated carbocycles. The SMILES string of the molecule is O=C(NCC1CCOCC1)c1cnc(-c2ccccc2)nc1. The van der Waals surface area contributed by atoms with E-state index in [1.165, 1.54) is 0 Å². The van der Waals surface area contributed by atoms with Gasteiger partial charge in [-0.3, -0.25) is 4.79 Å². The largest absolute Gasteiger partial charge is 0.381 e. The van der Waals surface area contributed by atoms with Crippen LogP contribution in [0.5, 0.6) is 0 Å². The second-order valence-electron chi connectivity index (χ2n) is 5.43. The number of carbonyl (C=O) groups excluding carboxylic acids is 1. The molecule has 2 heterocycles. The maximum atomic E-state index is 12.1. The molecule has 1 N–H and O–H groups in total. The lowest BCUT2D eigenvalue weighted by molar-refractivity contribution is 0.0642. The molecule has 2 aromatic rings. The van der Waals surface area contributed by atoms with Gasteiger partial charge in [-0.1, -0.05) is 30.3 Å². The summed E-state index contributed by atoms with van der Waals surface area (Å²) in [6, 6.07) is 9.71. The van der Waals surface area contributed by atoms with Crippen LogP contribution in [0.25, 0.3) is 11.4 Å². The third kappa shape index (κ3) is 3.68. The van der Waals surface area contributed by atoms with Crippen LogP contribution in [0.2, 0.25) is 0 Å². The van der Waals surface area contributed by atoms with Crippen molar-refractivity contribution in [3.63, 3.8) is 0 Å². The molecule has 114 valence electrons. The summed E-state index contributed by atoms with van der Waals surface area (Å²) in [5, 5.41) is 2.95. The van der Waals surface area contributed by atoms with Crippen LogP contribution >= 0.6 is 0 Å². The van der Waals surface area contributed by atoms with Gasteiger partial charge >= 0.3 is 0 Å². The van der Waals surface area contributed by atoms with E-state index in [1.54, 1.807) is 12.4 Å². The van der Waals surface area contributed by atoms with E-state index in [9.17, 15) is 4.79 Å². The fourth-order valence-electron chi connectivity index (χ4n) is 2.47. The molecule has 0 radical (unpaired) electrons. The van der Waals surface area contributed by atoms with Gasteiger partial charge in [0, 0.05) is 37.7 Å². The van der Waals surface area contributed by atoms with E-state index < -0.39 is 0 Å². The number of benzene rings is 1. The molecule has 5 nitrogen and oxygen atoms in total. The molecule has 1 amide bonds. The van der Waals surface area contributed by atoms with Gasteiger partial charge in [0.25, 0.3) is 5.91 Å². The van der Waals surface area contributed by atoms with Crippen LogP contribution in [-0.4, -0.2) is 35.6 Å². The summed E-state index contributed by atoms with van der Waals surface area (Å²) in [7, 11) is 0. The van der Waals surface area contributed by atoms with E-state index in [0.29, 0.717) is 23.9 Å². The highest BCUT2D eigenvalue weighted by Crippen LogP contribution is 2.14. The zero-order chi connectivity index (χ0) is 15.2. The van der Waals surface area contributed by atoms with Crippen molar-refractivity contribution in [2.45, 2.75) is 12.8 Å². The molecule has 1 aliphatic heterocycles. The molecule has 1 saturated heterocycles. The number of nitrogens with one attached hydrogen (secondary N) is 1. The maximum absolute atomic E-state index is 12.1. The Morgan fingerprint density at radius 1 is 1.14 bits per heavy atom. The molecular formula is C17H19N3O2. The zero-order valence-electron chi connectivity index (χ0n) is 12.4. The van der Waals surface area contributed by atoms with Gasteiger partial charge in [0.15, 0.2) is 5.82 Å². The highest BCUT2D eigenvalue weighted by Gasteiger charge is 2.15. The van der Waals surface area contributed by atoms with Crippen molar-refractivity contribution in [3.05, 3.63) is 48.3 Å². The Bertz CT molecular complexity index is 608. The molecular weight excluding hydrogens is 278 g/mol. The van der Waals surface area contributed by atoms with Crippen molar-refractivity contribution in [2.24, 2.45) is 5.92 Å². The quantitative estimate of drug-likeness (QED) is 0.940. The van der Waals surface area contributed by atoms with Crippen molar-refractivity contribution in [2.75, 3.05) is 19.8 Å². The standard InChI is InChI=1S/C17H19N3O2/c21-17(20-10-13-6-8-22-9-7-13)15-11-18-16(19-12-15)14-4-2-1-3-5-14/h1-5,11-13H,6-10H2,(H,20,21). The Hall–Kier alpha value is -2.27. The van der Waals surface area contributed by atoms with Crippen LogP contribution in [-0.2, 0) is 4.74 Å². The first-order chi connectivity index (χ1) is 10.8. The molecule has 1 aliphatic rings. The second-order valence-corrected chi connectivity index (χ2v) is 5.43. The smallest absolute Gasteiger partial charge is 0.254 e. The lowest BCUT2D eigenvalue weighted by Crippen LogP contribution is -2.32. The van der Waals surface area contributed by atoms with Gasteiger partial charge < -0.3 is 10.1 Å². The van der Waals surface area contributed by atoms with E-state index in [4.69, 9.17) is 4.74 Å². The molecule has 0 unspecified atom stereocenters. The number of amides is 1. The minimum absolute atomic E-state index is 0.119. The van der Waals surface area contributed by atoms with Gasteiger partial charge in [-0.05, 0) is 18.8 Å². The molecule has 5 heteroatoms.